The third-order valence-corrected chi connectivity index (χ3v) is 4.20. The SMILES string of the molecule is COc1cc(CCc2ccc(C(C)(F)F)cc2[N+](=O)[O-])cc(OC)c1OC. The van der Waals surface area contributed by atoms with Crippen LogP contribution in [0.4, 0.5) is 14.5 Å². The first-order valence-electron chi connectivity index (χ1n) is 8.15. The number of methoxy groups -OCH3 is 3. The Kier molecular flexibility index (Phi) is 6.20. The van der Waals surface area contributed by atoms with Crippen molar-refractivity contribution in [1.29, 1.82) is 0 Å². The Balaban J connectivity index is 2.32. The lowest BCUT2D eigenvalue weighted by molar-refractivity contribution is -0.385. The minimum absolute atomic E-state index is 0.296. The summed E-state index contributed by atoms with van der Waals surface area (Å²) in [6, 6.07) is 7.04. The van der Waals surface area contributed by atoms with Crippen LogP contribution >= 0.6 is 0 Å². The largest absolute Gasteiger partial charge is 0.493 e. The van der Waals surface area contributed by atoms with E-state index in [1.807, 2.05) is 0 Å². The van der Waals surface area contributed by atoms with Crippen LogP contribution in [0.2, 0.25) is 0 Å². The maximum Gasteiger partial charge on any atom is 0.273 e. The van der Waals surface area contributed by atoms with Crippen molar-refractivity contribution in [3.05, 3.63) is 57.1 Å². The van der Waals surface area contributed by atoms with Gasteiger partial charge in [-0.3, -0.25) is 10.1 Å². The fourth-order valence-corrected chi connectivity index (χ4v) is 2.78. The molecule has 0 aliphatic carbocycles. The zero-order valence-corrected chi connectivity index (χ0v) is 15.5. The van der Waals surface area contributed by atoms with Crippen molar-refractivity contribution in [2.75, 3.05) is 21.3 Å². The number of hydrogen-bond donors (Lipinski definition) is 0. The number of nitro groups is 1. The van der Waals surface area contributed by atoms with E-state index in [2.05, 4.69) is 0 Å². The van der Waals surface area contributed by atoms with E-state index in [1.165, 1.54) is 33.5 Å². The molecule has 0 unspecified atom stereocenters. The fraction of sp³-hybridized carbons (Fsp3) is 0.368. The van der Waals surface area contributed by atoms with Gasteiger partial charge in [-0.1, -0.05) is 12.1 Å². The summed E-state index contributed by atoms with van der Waals surface area (Å²) in [6.45, 7) is 0.710. The molecule has 0 atom stereocenters. The molecule has 2 aromatic rings. The van der Waals surface area contributed by atoms with Crippen LogP contribution in [0, 0.1) is 10.1 Å². The van der Waals surface area contributed by atoms with Crippen LogP contribution in [-0.2, 0) is 18.8 Å². The molecule has 8 heteroatoms. The van der Waals surface area contributed by atoms with Crippen molar-refractivity contribution in [3.8, 4) is 17.2 Å². The summed E-state index contributed by atoms with van der Waals surface area (Å²) < 4.78 is 42.8. The van der Waals surface area contributed by atoms with Gasteiger partial charge in [-0.15, -0.1) is 0 Å². The summed E-state index contributed by atoms with van der Waals surface area (Å²) in [7, 11) is 4.49. The number of nitrogens with zero attached hydrogens (tertiary/aromatic N) is 1. The zero-order chi connectivity index (χ0) is 20.2. The second-order valence-electron chi connectivity index (χ2n) is 6.02. The van der Waals surface area contributed by atoms with Gasteiger partial charge in [0.15, 0.2) is 11.5 Å². The van der Waals surface area contributed by atoms with Crippen molar-refractivity contribution in [3.63, 3.8) is 0 Å². The van der Waals surface area contributed by atoms with E-state index >= 15 is 0 Å². The molecule has 0 radical (unpaired) electrons. The average molecular weight is 381 g/mol. The molecule has 0 saturated heterocycles. The van der Waals surface area contributed by atoms with Gasteiger partial charge in [-0.2, -0.15) is 0 Å². The summed E-state index contributed by atoms with van der Waals surface area (Å²) >= 11 is 0. The Bertz CT molecular complexity index is 808. The van der Waals surface area contributed by atoms with Gasteiger partial charge in [-0.25, -0.2) is 8.78 Å². The topological polar surface area (TPSA) is 70.8 Å². The lowest BCUT2D eigenvalue weighted by Gasteiger charge is -2.14. The third kappa shape index (κ3) is 4.64. The van der Waals surface area contributed by atoms with Crippen LogP contribution < -0.4 is 14.2 Å². The molecule has 27 heavy (non-hydrogen) atoms. The number of ether oxygens (including phenoxy) is 3. The van der Waals surface area contributed by atoms with E-state index in [9.17, 15) is 18.9 Å². The molecule has 0 bridgehead atoms. The van der Waals surface area contributed by atoms with Crippen LogP contribution in [0.15, 0.2) is 30.3 Å². The molecule has 0 amide bonds. The number of rotatable bonds is 8. The number of alkyl halides is 2. The average Bonchev–Trinajstić information content (AvgIpc) is 2.64. The molecule has 0 aromatic heterocycles. The molecule has 0 spiro atoms. The van der Waals surface area contributed by atoms with Crippen LogP contribution in [0.25, 0.3) is 0 Å². The number of nitro benzene ring substituents is 1. The molecule has 2 aromatic carbocycles. The number of benzene rings is 2. The molecular weight excluding hydrogens is 360 g/mol. The van der Waals surface area contributed by atoms with E-state index in [4.69, 9.17) is 14.2 Å². The van der Waals surface area contributed by atoms with Gasteiger partial charge in [0.05, 0.1) is 26.3 Å². The van der Waals surface area contributed by atoms with Crippen molar-refractivity contribution >= 4 is 5.69 Å². The minimum Gasteiger partial charge on any atom is -0.493 e. The maximum absolute atomic E-state index is 13.5. The molecule has 0 saturated carbocycles. The smallest absolute Gasteiger partial charge is 0.273 e. The first kappa shape index (κ1) is 20.4. The van der Waals surface area contributed by atoms with E-state index < -0.39 is 10.8 Å². The van der Waals surface area contributed by atoms with E-state index in [0.717, 1.165) is 11.6 Å². The first-order chi connectivity index (χ1) is 12.7. The molecule has 0 fully saturated rings. The highest BCUT2D eigenvalue weighted by molar-refractivity contribution is 5.54. The quantitative estimate of drug-likeness (QED) is 0.497. The predicted molar refractivity (Wildman–Crippen MR) is 96.2 cm³/mol. The van der Waals surface area contributed by atoms with Gasteiger partial charge in [0.25, 0.3) is 11.6 Å². The van der Waals surface area contributed by atoms with Gasteiger partial charge in [0, 0.05) is 24.1 Å². The number of hydrogen-bond acceptors (Lipinski definition) is 5. The lowest BCUT2D eigenvalue weighted by atomic mass is 9.99. The van der Waals surface area contributed by atoms with E-state index in [0.29, 0.717) is 42.6 Å². The third-order valence-electron chi connectivity index (χ3n) is 4.20. The highest BCUT2D eigenvalue weighted by Crippen LogP contribution is 2.39. The summed E-state index contributed by atoms with van der Waals surface area (Å²) in [5, 5.41) is 11.3. The second kappa shape index (κ2) is 8.20. The summed E-state index contributed by atoms with van der Waals surface area (Å²) in [4.78, 5) is 10.7. The minimum atomic E-state index is -3.14. The molecule has 2 rings (SSSR count). The van der Waals surface area contributed by atoms with Crippen molar-refractivity contribution in [1.82, 2.24) is 0 Å². The Morgan fingerprint density at radius 1 is 1.00 bits per heavy atom. The number of halogens is 2. The second-order valence-corrected chi connectivity index (χ2v) is 6.02. The first-order valence-corrected chi connectivity index (χ1v) is 8.15. The lowest BCUT2D eigenvalue weighted by Crippen LogP contribution is -2.09. The molecule has 0 heterocycles. The van der Waals surface area contributed by atoms with Crippen LogP contribution in [0.5, 0.6) is 17.2 Å². The molecule has 0 aliphatic heterocycles. The van der Waals surface area contributed by atoms with Gasteiger partial charge in [0.1, 0.15) is 0 Å². The highest BCUT2D eigenvalue weighted by atomic mass is 19.3. The van der Waals surface area contributed by atoms with Gasteiger partial charge < -0.3 is 14.2 Å². The van der Waals surface area contributed by atoms with E-state index in [1.54, 1.807) is 12.1 Å². The maximum atomic E-state index is 13.5. The molecule has 0 aliphatic rings. The summed E-state index contributed by atoms with van der Waals surface area (Å²) in [5.74, 6) is -1.74. The van der Waals surface area contributed by atoms with Crippen LogP contribution in [0.3, 0.4) is 0 Å². The highest BCUT2D eigenvalue weighted by Gasteiger charge is 2.27. The monoisotopic (exact) mass is 381 g/mol. The summed E-state index contributed by atoms with van der Waals surface area (Å²) in [6.07, 6.45) is 0.726. The van der Waals surface area contributed by atoms with Gasteiger partial charge in [0.2, 0.25) is 5.75 Å². The standard InChI is InChI=1S/C19H21F2NO5/c1-19(20,21)14-8-7-13(15(11-14)22(23)24)6-5-12-9-16(25-2)18(27-4)17(10-12)26-3/h7-11H,5-6H2,1-4H3. The van der Waals surface area contributed by atoms with Crippen molar-refractivity contribution in [2.45, 2.75) is 25.7 Å². The molecule has 0 N–H and O–H groups in total. The van der Waals surface area contributed by atoms with Crippen LogP contribution in [0.1, 0.15) is 23.6 Å². The molecular formula is C19H21F2NO5. The Morgan fingerprint density at radius 3 is 2.04 bits per heavy atom. The Morgan fingerprint density at radius 2 is 1.59 bits per heavy atom. The predicted octanol–water partition coefficient (Wildman–Crippen LogP) is 4.52. The fourth-order valence-electron chi connectivity index (χ4n) is 2.78. The summed E-state index contributed by atoms with van der Waals surface area (Å²) in [5.41, 5.74) is 0.484. The van der Waals surface area contributed by atoms with E-state index in [-0.39, 0.29) is 11.3 Å². The normalized spacial score (nSPS) is 11.2. The zero-order valence-electron chi connectivity index (χ0n) is 15.5. The Labute approximate surface area is 155 Å². The molecule has 146 valence electrons. The van der Waals surface area contributed by atoms with Gasteiger partial charge >= 0.3 is 0 Å². The number of aryl methyl sites for hydroxylation is 2. The van der Waals surface area contributed by atoms with Crippen molar-refractivity contribution in [2.24, 2.45) is 0 Å². The molecule has 6 nitrogen and oxygen atoms in total. The Hall–Kier alpha value is -2.90. The van der Waals surface area contributed by atoms with Crippen LogP contribution in [-0.4, -0.2) is 26.3 Å². The van der Waals surface area contributed by atoms with Gasteiger partial charge in [-0.05, 0) is 30.5 Å². The van der Waals surface area contributed by atoms with Crippen molar-refractivity contribution < 1.29 is 27.9 Å².